The molecule has 5 amide bonds. The number of allylic oxidation sites excluding steroid dienone is 1. The summed E-state index contributed by atoms with van der Waals surface area (Å²) < 4.78 is 22.0. The molecule has 2 saturated heterocycles. The number of aliphatic hydroxyl groups is 2. The minimum atomic E-state index is -1.20. The third kappa shape index (κ3) is 18.6. The van der Waals surface area contributed by atoms with Crippen molar-refractivity contribution in [3.05, 3.63) is 161 Å². The number of aliphatic hydroxyl groups excluding tert-OH is 1. The molecule has 0 spiro atoms. The maximum Gasteiger partial charge on any atom is 0.408 e. The molecule has 0 unspecified atom stereocenters. The zero-order valence-corrected chi connectivity index (χ0v) is 59.7. The SMILES string of the molecule is C=CCOC(=O)N[C@@H](C)C(=O)N[C@@H](C)C(=O)Nc1ccc(COc2cc(-c3scnc3C)ccc2[C@H](C)NC(=O)[C@@H]2C[C@@H](O)CN2C(=O)[C@H](C(C)C)n2cc(OCCCCCCN3CCN(c4ccc(Nc5ncc6c(=O)n(CC=C)n(-c7cccc(C(C)(C)O)n7)c6n5)cc4)CC3)nn2)cc1. The molecule has 29 heteroatoms. The van der Waals surface area contributed by atoms with Crippen LogP contribution in [0.4, 0.5) is 27.8 Å². The van der Waals surface area contributed by atoms with Crippen molar-refractivity contribution in [1.82, 2.24) is 70.0 Å². The molecule has 3 aromatic carbocycles. The number of thiazole rings is 1. The molecule has 2 aliphatic rings. The Morgan fingerprint density at radius 1 is 0.824 bits per heavy atom. The number of fused-ring (bicyclic) bond motifs is 1. The van der Waals surface area contributed by atoms with Gasteiger partial charge in [0.05, 0.1) is 53.3 Å². The number of unbranched alkanes of at least 4 members (excludes halogenated alkanes) is 3. The third-order valence-corrected chi connectivity index (χ3v) is 18.8. The average Bonchev–Trinajstić information content (AvgIpc) is 1.60. The first-order chi connectivity index (χ1) is 49.0. The Hall–Kier alpha value is -10.4. The molecule has 540 valence electrons. The van der Waals surface area contributed by atoms with Crippen molar-refractivity contribution in [3.8, 4) is 27.9 Å². The highest BCUT2D eigenvalue weighted by atomic mass is 32.1. The number of pyridine rings is 1. The van der Waals surface area contributed by atoms with E-state index in [9.17, 15) is 39.0 Å². The fourth-order valence-electron chi connectivity index (χ4n) is 12.3. The molecule has 0 saturated carbocycles. The molecule has 6 atom stereocenters. The van der Waals surface area contributed by atoms with E-state index in [1.54, 1.807) is 78.8 Å². The highest BCUT2D eigenvalue weighted by Gasteiger charge is 2.43. The molecule has 2 aliphatic heterocycles. The van der Waals surface area contributed by atoms with Crippen LogP contribution in [0.5, 0.6) is 11.6 Å². The fraction of sp³-hybridized carbons (Fsp3) is 0.425. The van der Waals surface area contributed by atoms with Crippen LogP contribution >= 0.6 is 11.3 Å². The largest absolute Gasteiger partial charge is 0.489 e. The molecule has 10 rings (SSSR count). The van der Waals surface area contributed by atoms with Crippen LogP contribution in [0.2, 0.25) is 0 Å². The minimum Gasteiger partial charge on any atom is -0.489 e. The van der Waals surface area contributed by atoms with Crippen LogP contribution in [0.3, 0.4) is 0 Å². The summed E-state index contributed by atoms with van der Waals surface area (Å²) >= 11 is 1.49. The molecule has 7 N–H and O–H groups in total. The lowest BCUT2D eigenvalue weighted by atomic mass is 10.0. The van der Waals surface area contributed by atoms with Gasteiger partial charge in [-0.15, -0.1) is 17.9 Å². The number of carbonyl (C=O) groups excluding carboxylic acids is 5. The Morgan fingerprint density at radius 2 is 1.56 bits per heavy atom. The number of piperazine rings is 1. The second-order valence-corrected chi connectivity index (χ2v) is 27.3. The van der Waals surface area contributed by atoms with Gasteiger partial charge in [-0.2, -0.15) is 4.98 Å². The van der Waals surface area contributed by atoms with Crippen LogP contribution in [-0.4, -0.2) is 171 Å². The molecule has 8 aromatic rings. The van der Waals surface area contributed by atoms with Gasteiger partial charge in [0.25, 0.3) is 11.4 Å². The number of amides is 5. The lowest BCUT2D eigenvalue weighted by molar-refractivity contribution is -0.142. The van der Waals surface area contributed by atoms with Gasteiger partial charge in [0.2, 0.25) is 29.6 Å². The summed E-state index contributed by atoms with van der Waals surface area (Å²) in [5.74, 6) is -0.601. The van der Waals surface area contributed by atoms with Crippen LogP contribution in [0.1, 0.15) is 115 Å². The zero-order valence-electron chi connectivity index (χ0n) is 58.9. The van der Waals surface area contributed by atoms with Crippen LogP contribution in [-0.2, 0) is 42.7 Å². The van der Waals surface area contributed by atoms with E-state index in [0.29, 0.717) is 58.0 Å². The summed E-state index contributed by atoms with van der Waals surface area (Å²) in [6, 6.07) is 21.9. The van der Waals surface area contributed by atoms with Crippen LogP contribution in [0.15, 0.2) is 133 Å². The first-order valence-corrected chi connectivity index (χ1v) is 35.2. The number of ether oxygens (including phenoxy) is 3. The number of aromatic nitrogens is 9. The number of nitrogens with one attached hydrogen (secondary N) is 5. The lowest BCUT2D eigenvalue weighted by Gasteiger charge is -2.36. The average molecular weight is 1410 g/mol. The number of hydrogen-bond donors (Lipinski definition) is 7. The molecule has 5 aromatic heterocycles. The third-order valence-electron chi connectivity index (χ3n) is 17.8. The summed E-state index contributed by atoms with van der Waals surface area (Å²) in [7, 11) is 0. The molecule has 102 heavy (non-hydrogen) atoms. The molecule has 0 aliphatic carbocycles. The highest BCUT2D eigenvalue weighted by Crippen LogP contribution is 2.36. The van der Waals surface area contributed by atoms with Crippen molar-refractivity contribution in [2.75, 3.05) is 68.0 Å². The van der Waals surface area contributed by atoms with E-state index in [0.717, 1.165) is 91.5 Å². The predicted molar refractivity (Wildman–Crippen MR) is 389 cm³/mol. The van der Waals surface area contributed by atoms with Gasteiger partial charge in [-0.3, -0.25) is 28.9 Å². The van der Waals surface area contributed by atoms with Gasteiger partial charge < -0.3 is 60.8 Å². The Labute approximate surface area is 596 Å². The number of nitrogens with zero attached hydrogens (tertiary/aromatic N) is 12. The zero-order chi connectivity index (χ0) is 72.8. The van der Waals surface area contributed by atoms with Gasteiger partial charge in [0.1, 0.15) is 54.1 Å². The normalized spacial score (nSPS) is 16.0. The maximum absolute atomic E-state index is 14.6. The van der Waals surface area contributed by atoms with Gasteiger partial charge in [-0.1, -0.05) is 86.1 Å². The second kappa shape index (κ2) is 33.9. The number of hydrogen-bond acceptors (Lipinski definition) is 21. The van der Waals surface area contributed by atoms with Gasteiger partial charge in [-0.05, 0) is 133 Å². The number of rotatable bonds is 32. The summed E-state index contributed by atoms with van der Waals surface area (Å²) in [4.78, 5) is 106. The smallest absolute Gasteiger partial charge is 0.408 e. The number of carbonyl (C=O) groups is 5. The van der Waals surface area contributed by atoms with Crippen molar-refractivity contribution >= 4 is 75.1 Å². The van der Waals surface area contributed by atoms with E-state index in [4.69, 9.17) is 19.2 Å². The number of aryl methyl sites for hydroxylation is 1. The molecule has 0 radical (unpaired) electrons. The van der Waals surface area contributed by atoms with Crippen molar-refractivity contribution in [2.24, 2.45) is 5.92 Å². The van der Waals surface area contributed by atoms with Crippen molar-refractivity contribution in [1.29, 1.82) is 0 Å². The van der Waals surface area contributed by atoms with Gasteiger partial charge in [-0.25, -0.2) is 33.8 Å². The van der Waals surface area contributed by atoms with Gasteiger partial charge in [0.15, 0.2) is 11.5 Å². The van der Waals surface area contributed by atoms with E-state index < -0.39 is 65.7 Å². The number of β-amino-alcohol motifs (C(OH)–C–C–N with tert-alkyl or cyclic N) is 1. The lowest BCUT2D eigenvalue weighted by Crippen LogP contribution is -2.50. The van der Waals surface area contributed by atoms with Crippen molar-refractivity contribution < 1.29 is 48.4 Å². The number of benzene rings is 3. The minimum absolute atomic E-state index is 0.0185. The number of alkyl carbamates (subject to hydrolysis) is 1. The van der Waals surface area contributed by atoms with Crippen LogP contribution in [0.25, 0.3) is 27.3 Å². The second-order valence-electron chi connectivity index (χ2n) is 26.5. The maximum atomic E-state index is 14.6. The van der Waals surface area contributed by atoms with Crippen molar-refractivity contribution in [3.63, 3.8) is 0 Å². The van der Waals surface area contributed by atoms with Gasteiger partial charge in [0, 0.05) is 68.0 Å². The molecule has 2 fully saturated rings. The molecular weight excluding hydrogens is 1320 g/mol. The quantitative estimate of drug-likeness (QED) is 0.0154. The monoisotopic (exact) mass is 1410 g/mol. The first-order valence-electron chi connectivity index (χ1n) is 34.4. The summed E-state index contributed by atoms with van der Waals surface area (Å²) in [5, 5.41) is 44.8. The highest BCUT2D eigenvalue weighted by molar-refractivity contribution is 7.13. The molecule has 7 heterocycles. The number of likely N-dealkylation sites (tertiary alicyclic amines) is 1. The van der Waals surface area contributed by atoms with E-state index in [-0.39, 0.29) is 50.1 Å². The van der Waals surface area contributed by atoms with Gasteiger partial charge >= 0.3 is 6.09 Å². The number of anilines is 4. The summed E-state index contributed by atoms with van der Waals surface area (Å²) in [6.45, 7) is 26.6. The Bertz CT molecular complexity index is 4310. The summed E-state index contributed by atoms with van der Waals surface area (Å²) in [5.41, 5.74) is 6.66. The van der Waals surface area contributed by atoms with E-state index in [1.807, 2.05) is 58.0 Å². The standard InChI is InChI=1S/C73H91N17O11S/c1-11-30-89-69(95)57-40-74-71(82-65(57)90(89)61-19-17-18-60(81-61)73(9,10)98)80-53-25-27-54(28-26-53)86-34-32-85(33-35-86)31-15-13-14-16-37-99-62-42-88(84-83-62)63(45(3)4)70(96)87-41-55(91)39-58(87)68(94)76-46(5)56-29-22-51(64-47(6)75-44-102-64)38-59(56)101-43-50-20-23-52(24-21-50)79-67(93)48(7)77-66(92)49(8)78-72(97)100-36-12-2/h11-12,17-29,38,40,42,44-46,48-49,55,58,63,91,98H,1-2,13-16,30-37,39,41,43H2,3-10H3,(H,76,94)(H,77,92)(H,78,97)(H,79,93)(H,74,80,82)/t46-,48-,49-,55+,58-,63-/m0/s1. The Balaban J connectivity index is 0.663. The topological polar surface area (TPSA) is 333 Å². The molecule has 28 nitrogen and oxygen atoms in total. The first kappa shape index (κ1) is 74.3. The van der Waals surface area contributed by atoms with Crippen LogP contribution in [0, 0.1) is 12.8 Å². The van der Waals surface area contributed by atoms with Crippen LogP contribution < -0.4 is 46.5 Å². The Morgan fingerprint density at radius 3 is 2.26 bits per heavy atom. The summed E-state index contributed by atoms with van der Waals surface area (Å²) in [6.07, 6.45) is 8.33. The van der Waals surface area contributed by atoms with E-state index >= 15 is 0 Å². The Kier molecular flexibility index (Phi) is 24.7. The molecular formula is C73H91N17O11S. The molecule has 0 bridgehead atoms. The van der Waals surface area contributed by atoms with E-state index in [1.165, 1.54) is 51.7 Å². The van der Waals surface area contributed by atoms with E-state index in [2.05, 4.69) is 86.9 Å². The predicted octanol–water partition coefficient (Wildman–Crippen LogP) is 8.28. The van der Waals surface area contributed by atoms with Crippen molar-refractivity contribution in [2.45, 2.75) is 143 Å². The fourth-order valence-corrected chi connectivity index (χ4v) is 13.1.